The summed E-state index contributed by atoms with van der Waals surface area (Å²) >= 11 is 1.38. The van der Waals surface area contributed by atoms with Crippen molar-refractivity contribution in [1.29, 1.82) is 0 Å². The lowest BCUT2D eigenvalue weighted by Gasteiger charge is -2.20. The fourth-order valence-corrected chi connectivity index (χ4v) is 2.65. The van der Waals surface area contributed by atoms with Crippen molar-refractivity contribution >= 4 is 23.2 Å². The van der Waals surface area contributed by atoms with E-state index in [4.69, 9.17) is 4.74 Å². The van der Waals surface area contributed by atoms with E-state index in [1.807, 2.05) is 13.0 Å². The summed E-state index contributed by atoms with van der Waals surface area (Å²) in [5, 5.41) is 15.1. The molecular weight excluding hydrogens is 280 g/mol. The fourth-order valence-electron chi connectivity index (χ4n) is 1.87. The van der Waals surface area contributed by atoms with Crippen LogP contribution < -0.4 is 10.6 Å². The fraction of sp³-hybridized carbons (Fsp3) is 0.538. The monoisotopic (exact) mass is 298 g/mol. The maximum Gasteiger partial charge on any atom is 0.261 e. The zero-order valence-electron chi connectivity index (χ0n) is 11.3. The maximum absolute atomic E-state index is 11.7. The van der Waals surface area contributed by atoms with Gasteiger partial charge in [0.05, 0.1) is 18.0 Å². The highest BCUT2D eigenvalue weighted by atomic mass is 32.1. The number of hydrogen-bond acceptors (Lipinski definition) is 5. The van der Waals surface area contributed by atoms with Gasteiger partial charge in [0, 0.05) is 24.4 Å². The number of ether oxygens (including phenoxy) is 1. The lowest BCUT2D eigenvalue weighted by atomic mass is 10.0. The Morgan fingerprint density at radius 3 is 2.85 bits per heavy atom. The van der Waals surface area contributed by atoms with Gasteiger partial charge in [-0.05, 0) is 19.1 Å². The minimum atomic E-state index is -0.982. The average molecular weight is 298 g/mol. The summed E-state index contributed by atoms with van der Waals surface area (Å²) in [6, 6.07) is 3.58. The zero-order chi connectivity index (χ0) is 14.6. The van der Waals surface area contributed by atoms with E-state index in [-0.39, 0.29) is 31.5 Å². The largest absolute Gasteiger partial charge is 0.386 e. The molecule has 1 aliphatic rings. The van der Waals surface area contributed by atoms with E-state index in [2.05, 4.69) is 10.6 Å². The molecule has 20 heavy (non-hydrogen) atoms. The molecule has 1 aromatic heterocycles. The Morgan fingerprint density at radius 2 is 2.25 bits per heavy atom. The Kier molecular flexibility index (Phi) is 4.74. The van der Waals surface area contributed by atoms with Gasteiger partial charge in [-0.2, -0.15) is 0 Å². The van der Waals surface area contributed by atoms with Gasteiger partial charge in [-0.25, -0.2) is 0 Å². The van der Waals surface area contributed by atoms with Crippen LogP contribution in [0.2, 0.25) is 0 Å². The van der Waals surface area contributed by atoms with Gasteiger partial charge in [-0.15, -0.1) is 11.3 Å². The van der Waals surface area contributed by atoms with E-state index in [0.29, 0.717) is 17.9 Å². The molecule has 2 rings (SSSR count). The van der Waals surface area contributed by atoms with E-state index in [1.165, 1.54) is 11.3 Å². The summed E-state index contributed by atoms with van der Waals surface area (Å²) in [7, 11) is 0. The van der Waals surface area contributed by atoms with E-state index >= 15 is 0 Å². The third kappa shape index (κ3) is 4.03. The van der Waals surface area contributed by atoms with Gasteiger partial charge in [0.1, 0.15) is 5.60 Å². The minimum Gasteiger partial charge on any atom is -0.386 e. The molecule has 1 aromatic rings. The van der Waals surface area contributed by atoms with Crippen molar-refractivity contribution in [1.82, 2.24) is 10.6 Å². The molecular formula is C13H18N2O4S. The van der Waals surface area contributed by atoms with E-state index in [1.54, 1.807) is 6.07 Å². The highest BCUT2D eigenvalue weighted by Crippen LogP contribution is 2.17. The molecule has 1 saturated heterocycles. The van der Waals surface area contributed by atoms with E-state index in [9.17, 15) is 14.7 Å². The summed E-state index contributed by atoms with van der Waals surface area (Å²) < 4.78 is 5.08. The van der Waals surface area contributed by atoms with Gasteiger partial charge >= 0.3 is 0 Å². The first-order chi connectivity index (χ1) is 9.48. The smallest absolute Gasteiger partial charge is 0.261 e. The molecule has 1 unspecified atom stereocenters. The first-order valence-corrected chi connectivity index (χ1v) is 7.22. The van der Waals surface area contributed by atoms with Gasteiger partial charge in [0.15, 0.2) is 0 Å². The Bertz CT molecular complexity index is 494. The van der Waals surface area contributed by atoms with Crippen LogP contribution in [-0.2, 0) is 9.53 Å². The standard InChI is InChI=1S/C13H18N2O4S/c1-9-2-3-10(20-9)12(17)14-6-11(16)15-7-13(18)4-5-19-8-13/h2-3,18H,4-8H2,1H3,(H,14,17)(H,15,16). The van der Waals surface area contributed by atoms with Crippen LogP contribution in [-0.4, -0.2) is 48.8 Å². The highest BCUT2D eigenvalue weighted by molar-refractivity contribution is 7.13. The Hall–Kier alpha value is -1.44. The second kappa shape index (κ2) is 6.34. The van der Waals surface area contributed by atoms with Gasteiger partial charge in [-0.1, -0.05) is 0 Å². The maximum atomic E-state index is 11.7. The molecule has 110 valence electrons. The predicted octanol–water partition coefficient (Wildman–Crippen LogP) is 0.0539. The molecule has 0 bridgehead atoms. The van der Waals surface area contributed by atoms with Crippen LogP contribution >= 0.6 is 11.3 Å². The van der Waals surface area contributed by atoms with Crippen molar-refractivity contribution in [2.75, 3.05) is 26.3 Å². The summed E-state index contributed by atoms with van der Waals surface area (Å²) in [6.07, 6.45) is 0.508. The first kappa shape index (κ1) is 15.0. The second-order valence-electron chi connectivity index (χ2n) is 4.90. The molecule has 0 aromatic carbocycles. The van der Waals surface area contributed by atoms with Gasteiger partial charge in [0.2, 0.25) is 5.91 Å². The number of rotatable bonds is 5. The molecule has 0 radical (unpaired) electrons. The van der Waals surface area contributed by atoms with Crippen LogP contribution in [0.1, 0.15) is 21.0 Å². The summed E-state index contributed by atoms with van der Waals surface area (Å²) in [6.45, 7) is 2.68. The van der Waals surface area contributed by atoms with E-state index in [0.717, 1.165) is 4.88 Å². The van der Waals surface area contributed by atoms with Crippen molar-refractivity contribution < 1.29 is 19.4 Å². The van der Waals surface area contributed by atoms with Crippen molar-refractivity contribution in [2.45, 2.75) is 18.9 Å². The number of carbonyl (C=O) groups is 2. The molecule has 7 heteroatoms. The summed E-state index contributed by atoms with van der Waals surface area (Å²) in [5.41, 5.74) is -0.982. The molecule has 2 amide bonds. The van der Waals surface area contributed by atoms with Gasteiger partial charge in [0.25, 0.3) is 5.91 Å². The van der Waals surface area contributed by atoms with Crippen molar-refractivity contribution in [2.24, 2.45) is 0 Å². The molecule has 1 aliphatic heterocycles. The van der Waals surface area contributed by atoms with Crippen LogP contribution in [0.25, 0.3) is 0 Å². The van der Waals surface area contributed by atoms with Crippen LogP contribution in [0.5, 0.6) is 0 Å². The quantitative estimate of drug-likeness (QED) is 0.717. The number of amides is 2. The van der Waals surface area contributed by atoms with Crippen molar-refractivity contribution in [3.8, 4) is 0 Å². The van der Waals surface area contributed by atoms with Crippen molar-refractivity contribution in [3.05, 3.63) is 21.9 Å². The van der Waals surface area contributed by atoms with E-state index < -0.39 is 5.60 Å². The number of carbonyl (C=O) groups excluding carboxylic acids is 2. The number of aliphatic hydroxyl groups is 1. The molecule has 2 heterocycles. The third-order valence-electron chi connectivity index (χ3n) is 3.07. The molecule has 3 N–H and O–H groups in total. The zero-order valence-corrected chi connectivity index (χ0v) is 12.1. The Balaban J connectivity index is 1.71. The molecule has 1 atom stereocenters. The number of thiophene rings is 1. The average Bonchev–Trinajstić information content (AvgIpc) is 3.03. The first-order valence-electron chi connectivity index (χ1n) is 6.40. The third-order valence-corrected chi connectivity index (χ3v) is 4.07. The Labute approximate surface area is 121 Å². The lowest BCUT2D eigenvalue weighted by molar-refractivity contribution is -0.121. The summed E-state index contributed by atoms with van der Waals surface area (Å²) in [4.78, 5) is 25.0. The molecule has 1 fully saturated rings. The molecule has 0 saturated carbocycles. The number of aryl methyl sites for hydroxylation is 1. The number of hydrogen-bond donors (Lipinski definition) is 3. The van der Waals surface area contributed by atoms with Gasteiger partial charge < -0.3 is 20.5 Å². The topological polar surface area (TPSA) is 87.7 Å². The minimum absolute atomic E-state index is 0.104. The van der Waals surface area contributed by atoms with Crippen LogP contribution in [0.3, 0.4) is 0 Å². The van der Waals surface area contributed by atoms with Gasteiger partial charge in [-0.3, -0.25) is 9.59 Å². The lowest BCUT2D eigenvalue weighted by Crippen LogP contribution is -2.46. The molecule has 0 aliphatic carbocycles. The summed E-state index contributed by atoms with van der Waals surface area (Å²) in [5.74, 6) is -0.590. The van der Waals surface area contributed by atoms with Crippen LogP contribution in [0.4, 0.5) is 0 Å². The van der Waals surface area contributed by atoms with Crippen LogP contribution in [0.15, 0.2) is 12.1 Å². The second-order valence-corrected chi connectivity index (χ2v) is 6.18. The normalized spacial score (nSPS) is 21.7. The highest BCUT2D eigenvalue weighted by Gasteiger charge is 2.32. The van der Waals surface area contributed by atoms with Crippen LogP contribution in [0, 0.1) is 6.92 Å². The van der Waals surface area contributed by atoms with Crippen molar-refractivity contribution in [3.63, 3.8) is 0 Å². The molecule has 6 nitrogen and oxygen atoms in total. The molecule has 0 spiro atoms. The SMILES string of the molecule is Cc1ccc(C(=O)NCC(=O)NCC2(O)CCOC2)s1. The predicted molar refractivity (Wildman–Crippen MR) is 74.8 cm³/mol. The Morgan fingerprint density at radius 1 is 1.45 bits per heavy atom. The number of nitrogens with one attached hydrogen (secondary N) is 2.